The fraction of sp³-hybridized carbons (Fsp3) is 0.333. The first-order valence-corrected chi connectivity index (χ1v) is 10.6. The van der Waals surface area contributed by atoms with Gasteiger partial charge in [0.2, 0.25) is 0 Å². The van der Waals surface area contributed by atoms with Crippen molar-refractivity contribution in [1.29, 1.82) is 0 Å². The van der Waals surface area contributed by atoms with Crippen LogP contribution in [0.25, 0.3) is 22.6 Å². The number of hydroxylamine groups is 2. The number of rotatable bonds is 5. The van der Waals surface area contributed by atoms with Crippen LogP contribution in [0.4, 0.5) is 4.79 Å². The lowest BCUT2D eigenvalue weighted by atomic mass is 9.97. The number of hydrogen-bond acceptors (Lipinski definition) is 5. The zero-order chi connectivity index (χ0) is 21.8. The summed E-state index contributed by atoms with van der Waals surface area (Å²) in [6, 6.07) is 17.4. The normalized spacial score (nSPS) is 14.5. The van der Waals surface area contributed by atoms with Gasteiger partial charge in [-0.05, 0) is 44.0 Å². The number of benzene rings is 2. The van der Waals surface area contributed by atoms with Crippen molar-refractivity contribution < 1.29 is 19.2 Å². The minimum absolute atomic E-state index is 0.118. The van der Waals surface area contributed by atoms with Crippen molar-refractivity contribution >= 4 is 6.03 Å². The van der Waals surface area contributed by atoms with Gasteiger partial charge in [0, 0.05) is 36.7 Å². The number of carbonyl (C=O) groups excluding carboxylic acids is 1. The number of piperidine rings is 1. The smallest absolute Gasteiger partial charge is 0.343 e. The molecular weight excluding hydrogens is 394 g/mol. The fourth-order valence-corrected chi connectivity index (χ4v) is 3.86. The van der Waals surface area contributed by atoms with Crippen molar-refractivity contribution in [2.24, 2.45) is 0 Å². The van der Waals surface area contributed by atoms with E-state index in [0.717, 1.165) is 46.2 Å². The van der Waals surface area contributed by atoms with Crippen LogP contribution in [0.1, 0.15) is 31.6 Å². The van der Waals surface area contributed by atoms with Gasteiger partial charge in [0.25, 0.3) is 0 Å². The summed E-state index contributed by atoms with van der Waals surface area (Å²) in [6.07, 6.45) is 1.47. The molecule has 2 aromatic carbocycles. The van der Waals surface area contributed by atoms with Crippen LogP contribution < -0.4 is 4.74 Å². The molecular formula is C24H27N3O4. The lowest BCUT2D eigenvalue weighted by Gasteiger charge is -2.32. The first-order valence-electron chi connectivity index (χ1n) is 10.6. The predicted octanol–water partition coefficient (Wildman–Crippen LogP) is 5.03. The Morgan fingerprint density at radius 3 is 2.42 bits per heavy atom. The summed E-state index contributed by atoms with van der Waals surface area (Å²) in [4.78, 5) is 18.8. The molecule has 7 heteroatoms. The van der Waals surface area contributed by atoms with Crippen molar-refractivity contribution in [3.05, 3.63) is 60.5 Å². The molecule has 1 aliphatic rings. The molecule has 2 heterocycles. The Morgan fingerprint density at radius 2 is 1.81 bits per heavy atom. The zero-order valence-electron chi connectivity index (χ0n) is 17.8. The highest BCUT2D eigenvalue weighted by molar-refractivity contribution is 5.77. The van der Waals surface area contributed by atoms with E-state index in [4.69, 9.17) is 14.1 Å². The van der Waals surface area contributed by atoms with Crippen LogP contribution in [0.15, 0.2) is 59.0 Å². The molecule has 162 valence electrons. The van der Waals surface area contributed by atoms with E-state index < -0.39 is 0 Å². The van der Waals surface area contributed by atoms with Gasteiger partial charge in [-0.15, -0.1) is 0 Å². The zero-order valence-corrected chi connectivity index (χ0v) is 17.8. The van der Waals surface area contributed by atoms with E-state index in [2.05, 4.69) is 0 Å². The molecule has 0 atom stereocenters. The average Bonchev–Trinajstić information content (AvgIpc) is 3.29. The Bertz CT molecular complexity index is 1010. The van der Waals surface area contributed by atoms with Crippen LogP contribution in [0.3, 0.4) is 0 Å². The number of methoxy groups -OCH3 is 1. The number of carbonyl (C=O) groups is 1. The molecule has 0 spiro atoms. The van der Waals surface area contributed by atoms with Crippen molar-refractivity contribution in [1.82, 2.24) is 14.9 Å². The molecule has 7 nitrogen and oxygen atoms in total. The molecule has 31 heavy (non-hydrogen) atoms. The summed E-state index contributed by atoms with van der Waals surface area (Å²) in [6.45, 7) is 3.12. The summed E-state index contributed by atoms with van der Waals surface area (Å²) in [5, 5.41) is 10.4. The number of aromatic nitrogens is 1. The maximum absolute atomic E-state index is 12.2. The van der Waals surface area contributed by atoms with Gasteiger partial charge in [-0.2, -0.15) is 0 Å². The third-order valence-corrected chi connectivity index (χ3v) is 5.68. The fourth-order valence-electron chi connectivity index (χ4n) is 3.86. The van der Waals surface area contributed by atoms with E-state index in [1.165, 1.54) is 0 Å². The van der Waals surface area contributed by atoms with Crippen molar-refractivity contribution in [3.8, 4) is 28.3 Å². The minimum Gasteiger partial charge on any atom is -0.497 e. The third-order valence-electron chi connectivity index (χ3n) is 5.68. The van der Waals surface area contributed by atoms with Crippen LogP contribution in [-0.2, 0) is 0 Å². The summed E-state index contributed by atoms with van der Waals surface area (Å²) in [5.41, 5.74) is 2.73. The number of hydrogen-bond donors (Lipinski definition) is 1. The van der Waals surface area contributed by atoms with Crippen molar-refractivity contribution in [3.63, 3.8) is 0 Å². The topological polar surface area (TPSA) is 79.0 Å². The number of ether oxygens (including phenoxy) is 1. The van der Waals surface area contributed by atoms with Crippen molar-refractivity contribution in [2.45, 2.75) is 25.7 Å². The van der Waals surface area contributed by atoms with Gasteiger partial charge in [0.15, 0.2) is 11.7 Å². The van der Waals surface area contributed by atoms with E-state index in [1.54, 1.807) is 18.9 Å². The highest BCUT2D eigenvalue weighted by Gasteiger charge is 2.30. The molecule has 0 aliphatic carbocycles. The highest BCUT2D eigenvalue weighted by Crippen LogP contribution is 2.37. The standard InChI is InChI=1S/C24H27N3O4/c1-3-27(29)24(28)26-15-13-19(14-16-26)23-25-21(17-9-11-20(30-2)12-10-17)22(31-23)18-7-5-4-6-8-18/h4-12,19,29H,3,13-16H2,1-2H3. The van der Waals surface area contributed by atoms with Gasteiger partial charge in [-0.3, -0.25) is 5.21 Å². The Labute approximate surface area is 181 Å². The molecule has 0 radical (unpaired) electrons. The van der Waals surface area contributed by atoms with Crippen LogP contribution in [0.2, 0.25) is 0 Å². The van der Waals surface area contributed by atoms with Crippen molar-refractivity contribution in [2.75, 3.05) is 26.7 Å². The second-order valence-corrected chi connectivity index (χ2v) is 7.58. The summed E-state index contributed by atoms with van der Waals surface area (Å²) < 4.78 is 11.6. The molecule has 2 amide bonds. The molecule has 0 bridgehead atoms. The van der Waals surface area contributed by atoms with Crippen LogP contribution in [-0.4, -0.2) is 52.9 Å². The van der Waals surface area contributed by atoms with Gasteiger partial charge in [-0.25, -0.2) is 14.8 Å². The number of nitrogens with zero attached hydrogens (tertiary/aromatic N) is 3. The van der Waals surface area contributed by atoms with E-state index in [1.807, 2.05) is 54.6 Å². The third kappa shape index (κ3) is 4.41. The quantitative estimate of drug-likeness (QED) is 0.462. The lowest BCUT2D eigenvalue weighted by Crippen LogP contribution is -2.45. The molecule has 1 N–H and O–H groups in total. The van der Waals surface area contributed by atoms with Crippen LogP contribution >= 0.6 is 0 Å². The molecule has 0 unspecified atom stereocenters. The maximum atomic E-state index is 12.2. The summed E-state index contributed by atoms with van der Waals surface area (Å²) in [5.74, 6) is 2.34. The first kappa shape index (κ1) is 20.9. The molecule has 0 saturated carbocycles. The second-order valence-electron chi connectivity index (χ2n) is 7.58. The molecule has 4 rings (SSSR count). The number of urea groups is 1. The predicted molar refractivity (Wildman–Crippen MR) is 117 cm³/mol. The monoisotopic (exact) mass is 421 g/mol. The van der Waals surface area contributed by atoms with E-state index in [9.17, 15) is 10.0 Å². The van der Waals surface area contributed by atoms with Gasteiger partial charge < -0.3 is 14.1 Å². The largest absolute Gasteiger partial charge is 0.497 e. The van der Waals surface area contributed by atoms with Gasteiger partial charge in [0.1, 0.15) is 11.4 Å². The van der Waals surface area contributed by atoms with Gasteiger partial charge in [-0.1, -0.05) is 30.3 Å². The molecule has 1 fully saturated rings. The molecule has 1 aliphatic heterocycles. The molecule has 3 aromatic rings. The van der Waals surface area contributed by atoms with Crippen LogP contribution in [0.5, 0.6) is 5.75 Å². The number of amides is 2. The highest BCUT2D eigenvalue weighted by atomic mass is 16.5. The van der Waals surface area contributed by atoms with E-state index in [0.29, 0.717) is 19.0 Å². The maximum Gasteiger partial charge on any atom is 0.343 e. The van der Waals surface area contributed by atoms with E-state index >= 15 is 0 Å². The Morgan fingerprint density at radius 1 is 1.13 bits per heavy atom. The Kier molecular flexibility index (Phi) is 6.23. The number of oxazole rings is 1. The summed E-state index contributed by atoms with van der Waals surface area (Å²) in [7, 11) is 1.65. The lowest BCUT2D eigenvalue weighted by molar-refractivity contribution is -0.0543. The minimum atomic E-state index is -0.350. The van der Waals surface area contributed by atoms with E-state index in [-0.39, 0.29) is 18.5 Å². The average molecular weight is 421 g/mol. The molecule has 1 aromatic heterocycles. The van der Waals surface area contributed by atoms with Gasteiger partial charge >= 0.3 is 6.03 Å². The molecule has 1 saturated heterocycles. The Balaban J connectivity index is 1.61. The summed E-state index contributed by atoms with van der Waals surface area (Å²) >= 11 is 0. The number of likely N-dealkylation sites (tertiary alicyclic amines) is 1. The van der Waals surface area contributed by atoms with Gasteiger partial charge in [0.05, 0.1) is 7.11 Å². The second kappa shape index (κ2) is 9.22. The van der Waals surface area contributed by atoms with Crippen LogP contribution in [0, 0.1) is 0 Å². The first-order chi connectivity index (χ1) is 15.1. The Hall–Kier alpha value is -3.32. The SMILES string of the molecule is CCN(O)C(=O)N1CCC(c2nc(-c3ccc(OC)cc3)c(-c3ccccc3)o2)CC1.